The molecule has 3 rings (SSSR count). The third-order valence-electron chi connectivity index (χ3n) is 5.88. The molecule has 172 valence electrons. The molecule has 2 N–H and O–H groups in total. The zero-order valence-corrected chi connectivity index (χ0v) is 18.8. The number of piperazine rings is 1. The minimum absolute atomic E-state index is 0.137. The van der Waals surface area contributed by atoms with Gasteiger partial charge in [-0.15, -0.1) is 0 Å². The Hall–Kier alpha value is -2.35. The van der Waals surface area contributed by atoms with Gasteiger partial charge in [-0.05, 0) is 44.9 Å². The van der Waals surface area contributed by atoms with E-state index in [2.05, 4.69) is 32.3 Å². The highest BCUT2D eigenvalue weighted by Crippen LogP contribution is 2.20. The van der Waals surface area contributed by atoms with Gasteiger partial charge in [-0.3, -0.25) is 14.7 Å². The van der Waals surface area contributed by atoms with Crippen LogP contribution < -0.4 is 15.5 Å². The van der Waals surface area contributed by atoms with Gasteiger partial charge in [0.25, 0.3) is 0 Å². The summed E-state index contributed by atoms with van der Waals surface area (Å²) < 4.78 is 14.0. The average Bonchev–Trinajstić information content (AvgIpc) is 3.19. The number of guanidine groups is 1. The summed E-state index contributed by atoms with van der Waals surface area (Å²) in [6.07, 6.45) is 3.62. The molecule has 2 fully saturated rings. The third-order valence-corrected chi connectivity index (χ3v) is 5.88. The molecule has 0 saturated carbocycles. The van der Waals surface area contributed by atoms with E-state index in [-0.39, 0.29) is 11.7 Å². The Morgan fingerprint density at radius 1 is 1.06 bits per heavy atom. The first-order chi connectivity index (χ1) is 15.2. The number of anilines is 1. The van der Waals surface area contributed by atoms with E-state index in [1.165, 1.54) is 6.07 Å². The quantitative estimate of drug-likeness (QED) is 0.336. The smallest absolute Gasteiger partial charge is 0.222 e. The fraction of sp³-hybridized carbons (Fsp3) is 0.652. The summed E-state index contributed by atoms with van der Waals surface area (Å²) in [5, 5.41) is 6.70. The van der Waals surface area contributed by atoms with Crippen molar-refractivity contribution < 1.29 is 9.18 Å². The summed E-state index contributed by atoms with van der Waals surface area (Å²) in [6.45, 7) is 10.8. The van der Waals surface area contributed by atoms with Gasteiger partial charge in [-0.25, -0.2) is 4.39 Å². The Bertz CT molecular complexity index is 720. The maximum absolute atomic E-state index is 14.0. The van der Waals surface area contributed by atoms with Crippen molar-refractivity contribution >= 4 is 17.6 Å². The molecular weight excluding hydrogens is 395 g/mol. The molecule has 1 aromatic rings. The lowest BCUT2D eigenvalue weighted by Crippen LogP contribution is -2.47. The fourth-order valence-electron chi connectivity index (χ4n) is 4.16. The Morgan fingerprint density at radius 2 is 1.87 bits per heavy atom. The number of likely N-dealkylation sites (tertiary alicyclic amines) is 1. The normalized spacial score (nSPS) is 18.0. The Morgan fingerprint density at radius 3 is 2.58 bits per heavy atom. The van der Waals surface area contributed by atoms with E-state index in [0.29, 0.717) is 12.1 Å². The van der Waals surface area contributed by atoms with Crippen LogP contribution >= 0.6 is 0 Å². The van der Waals surface area contributed by atoms with Gasteiger partial charge in [0.15, 0.2) is 5.96 Å². The predicted molar refractivity (Wildman–Crippen MR) is 124 cm³/mol. The van der Waals surface area contributed by atoms with Gasteiger partial charge in [0.1, 0.15) is 5.82 Å². The molecule has 2 aliphatic rings. The second kappa shape index (κ2) is 12.5. The van der Waals surface area contributed by atoms with E-state index in [9.17, 15) is 9.18 Å². The van der Waals surface area contributed by atoms with Gasteiger partial charge >= 0.3 is 0 Å². The van der Waals surface area contributed by atoms with Crippen molar-refractivity contribution in [2.45, 2.75) is 32.6 Å². The van der Waals surface area contributed by atoms with Crippen molar-refractivity contribution in [1.29, 1.82) is 0 Å². The zero-order valence-electron chi connectivity index (χ0n) is 18.8. The molecule has 2 saturated heterocycles. The lowest BCUT2D eigenvalue weighted by molar-refractivity contribution is -0.127. The third kappa shape index (κ3) is 7.38. The van der Waals surface area contributed by atoms with E-state index in [0.717, 1.165) is 90.7 Å². The monoisotopic (exact) mass is 432 g/mol. The first kappa shape index (κ1) is 23.3. The number of nitrogens with one attached hydrogen (secondary N) is 2. The van der Waals surface area contributed by atoms with Crippen LogP contribution in [0.4, 0.5) is 10.1 Å². The molecule has 7 nitrogen and oxygen atoms in total. The minimum Gasteiger partial charge on any atom is -0.367 e. The van der Waals surface area contributed by atoms with Crippen LogP contribution in [-0.2, 0) is 4.79 Å². The number of nitrogens with zero attached hydrogens (tertiary/aromatic N) is 4. The molecule has 0 spiro atoms. The van der Waals surface area contributed by atoms with Crippen molar-refractivity contribution in [3.63, 3.8) is 0 Å². The van der Waals surface area contributed by atoms with Crippen molar-refractivity contribution in [2.24, 2.45) is 4.99 Å². The zero-order chi connectivity index (χ0) is 21.9. The van der Waals surface area contributed by atoms with Gasteiger partial charge in [0.05, 0.1) is 5.69 Å². The fourth-order valence-corrected chi connectivity index (χ4v) is 4.16. The van der Waals surface area contributed by atoms with Crippen LogP contribution in [0.5, 0.6) is 0 Å². The number of benzene rings is 1. The van der Waals surface area contributed by atoms with E-state index in [4.69, 9.17) is 0 Å². The number of carbonyl (C=O) groups excluding carboxylic acids is 1. The van der Waals surface area contributed by atoms with E-state index < -0.39 is 0 Å². The highest BCUT2D eigenvalue weighted by Gasteiger charge is 2.19. The summed E-state index contributed by atoms with van der Waals surface area (Å²) in [4.78, 5) is 22.8. The number of hydrogen-bond acceptors (Lipinski definition) is 4. The number of carbonyl (C=O) groups is 1. The molecule has 2 heterocycles. The second-order valence-electron chi connectivity index (χ2n) is 8.16. The van der Waals surface area contributed by atoms with Gasteiger partial charge in [0.2, 0.25) is 5.91 Å². The molecule has 1 aromatic carbocycles. The topological polar surface area (TPSA) is 63.2 Å². The summed E-state index contributed by atoms with van der Waals surface area (Å²) >= 11 is 0. The molecule has 31 heavy (non-hydrogen) atoms. The van der Waals surface area contributed by atoms with Gasteiger partial charge in [-0.2, -0.15) is 0 Å². The van der Waals surface area contributed by atoms with Crippen molar-refractivity contribution in [2.75, 3.05) is 70.3 Å². The largest absolute Gasteiger partial charge is 0.367 e. The standard InChI is InChI=1S/C23H37FN6O/c1-2-25-23(27-12-7-15-30-14-5-10-22(30)31)26-11-6-13-28-16-18-29(19-17-28)21-9-4-3-8-20(21)24/h3-4,8-9H,2,5-7,10-19H2,1H3,(H2,25,26,27). The van der Waals surface area contributed by atoms with Crippen LogP contribution in [0.1, 0.15) is 32.6 Å². The Balaban J connectivity index is 1.30. The summed E-state index contributed by atoms with van der Waals surface area (Å²) in [6, 6.07) is 7.02. The van der Waals surface area contributed by atoms with Gasteiger partial charge in [0, 0.05) is 65.3 Å². The molecule has 8 heteroatoms. The number of amides is 1. The molecule has 1 amide bonds. The minimum atomic E-state index is -0.137. The maximum atomic E-state index is 14.0. The molecule has 0 radical (unpaired) electrons. The molecule has 0 atom stereocenters. The Labute approximate surface area is 185 Å². The maximum Gasteiger partial charge on any atom is 0.222 e. The number of aliphatic imine (C=N–C) groups is 1. The van der Waals surface area contributed by atoms with Crippen molar-refractivity contribution in [1.82, 2.24) is 20.4 Å². The Kier molecular flexibility index (Phi) is 9.39. The molecule has 2 aliphatic heterocycles. The summed E-state index contributed by atoms with van der Waals surface area (Å²) in [7, 11) is 0. The van der Waals surface area contributed by atoms with Gasteiger partial charge in [-0.1, -0.05) is 12.1 Å². The van der Waals surface area contributed by atoms with E-state index in [1.54, 1.807) is 6.07 Å². The summed E-state index contributed by atoms with van der Waals surface area (Å²) in [5.41, 5.74) is 0.712. The van der Waals surface area contributed by atoms with Crippen LogP contribution in [0.3, 0.4) is 0 Å². The SMILES string of the molecule is CCNC(=NCCCN1CCCC1=O)NCCCN1CCN(c2ccccc2F)CC1. The number of halogens is 1. The lowest BCUT2D eigenvalue weighted by Gasteiger charge is -2.36. The van der Waals surface area contributed by atoms with Crippen LogP contribution in [0.25, 0.3) is 0 Å². The molecule has 0 aromatic heterocycles. The van der Waals surface area contributed by atoms with E-state index in [1.807, 2.05) is 17.0 Å². The average molecular weight is 433 g/mol. The first-order valence-electron chi connectivity index (χ1n) is 11.7. The number of para-hydroxylation sites is 1. The first-order valence-corrected chi connectivity index (χ1v) is 11.7. The van der Waals surface area contributed by atoms with Crippen LogP contribution in [0.15, 0.2) is 29.3 Å². The van der Waals surface area contributed by atoms with Crippen molar-refractivity contribution in [3.05, 3.63) is 30.1 Å². The second-order valence-corrected chi connectivity index (χ2v) is 8.16. The van der Waals surface area contributed by atoms with Crippen LogP contribution in [0, 0.1) is 5.82 Å². The lowest BCUT2D eigenvalue weighted by atomic mass is 10.2. The summed E-state index contributed by atoms with van der Waals surface area (Å²) in [5.74, 6) is 0.991. The van der Waals surface area contributed by atoms with E-state index >= 15 is 0 Å². The predicted octanol–water partition coefficient (Wildman–Crippen LogP) is 1.91. The molecule has 0 aliphatic carbocycles. The highest BCUT2D eigenvalue weighted by atomic mass is 19.1. The number of rotatable bonds is 10. The van der Waals surface area contributed by atoms with Crippen LogP contribution in [-0.4, -0.2) is 87.1 Å². The molecular formula is C23H37FN6O. The van der Waals surface area contributed by atoms with Gasteiger partial charge < -0.3 is 20.4 Å². The van der Waals surface area contributed by atoms with Crippen LogP contribution in [0.2, 0.25) is 0 Å². The number of hydrogen-bond donors (Lipinski definition) is 2. The van der Waals surface area contributed by atoms with Crippen molar-refractivity contribution in [3.8, 4) is 0 Å². The molecule has 0 bridgehead atoms. The molecule has 0 unspecified atom stereocenters. The highest BCUT2D eigenvalue weighted by molar-refractivity contribution is 5.79.